The van der Waals surface area contributed by atoms with E-state index in [1.807, 2.05) is 5.38 Å². The van der Waals surface area contributed by atoms with Crippen LogP contribution in [-0.4, -0.2) is 36.8 Å². The molecule has 1 aromatic heterocycles. The zero-order valence-electron chi connectivity index (χ0n) is 12.0. The zero-order chi connectivity index (χ0) is 14.9. The smallest absolute Gasteiger partial charge is 0.331 e. The van der Waals surface area contributed by atoms with Gasteiger partial charge >= 0.3 is 5.97 Å². The van der Waals surface area contributed by atoms with Crippen molar-refractivity contribution in [2.45, 2.75) is 43.2 Å². The maximum atomic E-state index is 11.5. The molecule has 0 bridgehead atoms. The van der Waals surface area contributed by atoms with Gasteiger partial charge in [0.25, 0.3) is 0 Å². The second-order valence-electron chi connectivity index (χ2n) is 5.85. The number of hydrogen-bond donors (Lipinski definition) is 1. The first kappa shape index (κ1) is 15.4. The van der Waals surface area contributed by atoms with Crippen LogP contribution in [-0.2, 0) is 19.9 Å². The summed E-state index contributed by atoms with van der Waals surface area (Å²) in [6, 6.07) is 0. The third-order valence-electron chi connectivity index (χ3n) is 4.49. The molecular weight excluding hydrogens is 356 g/mol. The van der Waals surface area contributed by atoms with E-state index in [1.165, 1.54) is 32.8 Å². The van der Waals surface area contributed by atoms with E-state index < -0.39 is 5.60 Å². The van der Waals surface area contributed by atoms with Gasteiger partial charge in [-0.05, 0) is 28.8 Å². The van der Waals surface area contributed by atoms with Crippen LogP contribution in [0, 0.1) is 0 Å². The van der Waals surface area contributed by atoms with Gasteiger partial charge in [-0.15, -0.1) is 11.3 Å². The minimum absolute atomic E-state index is 0.0363. The lowest BCUT2D eigenvalue weighted by atomic mass is 9.89. The molecule has 0 aromatic carbocycles. The Hall–Kier alpha value is -0.500. The van der Waals surface area contributed by atoms with Gasteiger partial charge in [0.05, 0.1) is 7.11 Å². The largest absolute Gasteiger partial charge is 0.467 e. The van der Waals surface area contributed by atoms with Crippen molar-refractivity contribution in [3.8, 4) is 0 Å². The Labute approximate surface area is 136 Å². The van der Waals surface area contributed by atoms with Crippen LogP contribution in [0.3, 0.4) is 0 Å². The monoisotopic (exact) mass is 374 g/mol. The summed E-state index contributed by atoms with van der Waals surface area (Å²) in [5, 5.41) is 6.53. The molecule has 1 aliphatic heterocycles. The van der Waals surface area contributed by atoms with Crippen molar-refractivity contribution >= 4 is 33.2 Å². The fourth-order valence-corrected chi connectivity index (χ4v) is 4.85. The fraction of sp³-hybridized carbons (Fsp3) is 0.714. The first-order chi connectivity index (χ1) is 10.1. The van der Waals surface area contributed by atoms with Gasteiger partial charge in [-0.1, -0.05) is 12.8 Å². The minimum Gasteiger partial charge on any atom is -0.467 e. The maximum Gasteiger partial charge on any atom is 0.331 e. The topological polar surface area (TPSA) is 60.5 Å². The van der Waals surface area contributed by atoms with Crippen LogP contribution in [0.15, 0.2) is 9.98 Å². The molecule has 0 amide bonds. The number of carbonyl (C=O) groups excluding carboxylic acids is 1. The number of hydrogen-bond acceptors (Lipinski definition) is 6. The van der Waals surface area contributed by atoms with E-state index in [2.05, 4.69) is 26.2 Å². The van der Waals surface area contributed by atoms with Gasteiger partial charge in [-0.25, -0.2) is 9.78 Å². The Morgan fingerprint density at radius 2 is 2.29 bits per heavy atom. The molecule has 1 aliphatic carbocycles. The number of aromatic nitrogens is 1. The van der Waals surface area contributed by atoms with E-state index in [-0.39, 0.29) is 18.1 Å². The van der Waals surface area contributed by atoms with Crippen LogP contribution < -0.4 is 5.32 Å². The molecule has 2 aliphatic rings. The summed E-state index contributed by atoms with van der Waals surface area (Å²) >= 11 is 4.98. The second kappa shape index (κ2) is 5.95. The lowest BCUT2D eigenvalue weighted by Gasteiger charge is -2.29. The summed E-state index contributed by atoms with van der Waals surface area (Å²) in [4.78, 5) is 16.0. The number of thiazole rings is 1. The average Bonchev–Trinajstić information content (AvgIpc) is 3.19. The molecule has 1 aromatic rings. The number of halogens is 1. The number of esters is 1. The van der Waals surface area contributed by atoms with Crippen LogP contribution in [0.25, 0.3) is 0 Å². The summed E-state index contributed by atoms with van der Waals surface area (Å²) in [5.41, 5.74) is -0.372. The minimum atomic E-state index is -0.519. The summed E-state index contributed by atoms with van der Waals surface area (Å²) in [5.74, 6) is -0.350. The molecule has 1 atom stereocenters. The van der Waals surface area contributed by atoms with Crippen LogP contribution >= 0.6 is 27.3 Å². The molecule has 1 saturated carbocycles. The summed E-state index contributed by atoms with van der Waals surface area (Å²) in [7, 11) is 1.38. The highest BCUT2D eigenvalue weighted by atomic mass is 79.9. The van der Waals surface area contributed by atoms with Gasteiger partial charge in [0.1, 0.15) is 21.8 Å². The first-order valence-corrected chi connectivity index (χ1v) is 8.82. The zero-order valence-corrected chi connectivity index (χ0v) is 14.4. The Morgan fingerprint density at radius 1 is 1.52 bits per heavy atom. The Kier molecular flexibility index (Phi) is 4.36. The normalized spacial score (nSPS) is 27.3. The molecular formula is C14H19BrN2O3S. The molecule has 0 radical (unpaired) electrons. The lowest BCUT2D eigenvalue weighted by molar-refractivity contribution is -0.153. The van der Waals surface area contributed by atoms with Crippen molar-refractivity contribution < 1.29 is 14.3 Å². The Balaban J connectivity index is 1.83. The number of nitrogens with one attached hydrogen (secondary N) is 1. The van der Waals surface area contributed by atoms with Crippen molar-refractivity contribution in [1.29, 1.82) is 0 Å². The van der Waals surface area contributed by atoms with Gasteiger partial charge in [-0.3, -0.25) is 0 Å². The molecule has 1 spiro atoms. The highest BCUT2D eigenvalue weighted by Gasteiger charge is 2.52. The van der Waals surface area contributed by atoms with Gasteiger partial charge in [-0.2, -0.15) is 0 Å². The van der Waals surface area contributed by atoms with E-state index >= 15 is 0 Å². The molecule has 2 heterocycles. The number of nitrogens with zero attached hydrogens (tertiary/aromatic N) is 1. The van der Waals surface area contributed by atoms with Crippen molar-refractivity contribution in [2.75, 3.05) is 20.3 Å². The van der Waals surface area contributed by atoms with Crippen LogP contribution in [0.4, 0.5) is 0 Å². The SMILES string of the molecule is COC(=O)COC1(c2nc(Br)cs2)CNC2(CCCC2)C1. The van der Waals surface area contributed by atoms with Crippen molar-refractivity contribution in [3.05, 3.63) is 15.0 Å². The van der Waals surface area contributed by atoms with E-state index in [9.17, 15) is 4.79 Å². The highest BCUT2D eigenvalue weighted by Crippen LogP contribution is 2.47. The number of carbonyl (C=O) groups is 1. The van der Waals surface area contributed by atoms with E-state index in [4.69, 9.17) is 9.47 Å². The van der Waals surface area contributed by atoms with Crippen LogP contribution in [0.1, 0.15) is 37.1 Å². The average molecular weight is 375 g/mol. The third kappa shape index (κ3) is 3.02. The molecule has 7 heteroatoms. The number of methoxy groups -OCH3 is 1. The van der Waals surface area contributed by atoms with Crippen molar-refractivity contribution in [3.63, 3.8) is 0 Å². The molecule has 1 saturated heterocycles. The first-order valence-electron chi connectivity index (χ1n) is 7.15. The van der Waals surface area contributed by atoms with Crippen molar-refractivity contribution in [1.82, 2.24) is 10.3 Å². The van der Waals surface area contributed by atoms with E-state index in [0.717, 1.165) is 16.0 Å². The predicted octanol–water partition coefficient (Wildman–Crippen LogP) is 2.60. The Morgan fingerprint density at radius 3 is 2.90 bits per heavy atom. The molecule has 1 unspecified atom stereocenters. The van der Waals surface area contributed by atoms with Gasteiger partial charge in [0.2, 0.25) is 0 Å². The maximum absolute atomic E-state index is 11.5. The standard InChI is InChI=1S/C14H19BrN2O3S/c1-19-11(18)6-20-14(12-17-10(15)7-21-12)8-13(16-9-14)4-2-3-5-13/h7,16H,2-6,8-9H2,1H3. The third-order valence-corrected chi connectivity index (χ3v) is 6.23. The fourth-order valence-electron chi connectivity index (χ4n) is 3.44. The molecule has 5 nitrogen and oxygen atoms in total. The second-order valence-corrected chi connectivity index (χ2v) is 7.52. The van der Waals surface area contributed by atoms with Gasteiger partial charge in [0.15, 0.2) is 0 Å². The quantitative estimate of drug-likeness (QED) is 0.820. The summed E-state index contributed by atoms with van der Waals surface area (Å²) in [6.07, 6.45) is 5.71. The van der Waals surface area contributed by atoms with E-state index in [1.54, 1.807) is 11.3 Å². The van der Waals surface area contributed by atoms with Crippen LogP contribution in [0.2, 0.25) is 0 Å². The van der Waals surface area contributed by atoms with Gasteiger partial charge < -0.3 is 14.8 Å². The molecule has 2 fully saturated rings. The van der Waals surface area contributed by atoms with E-state index in [0.29, 0.717) is 6.54 Å². The molecule has 1 N–H and O–H groups in total. The van der Waals surface area contributed by atoms with Crippen LogP contribution in [0.5, 0.6) is 0 Å². The molecule has 21 heavy (non-hydrogen) atoms. The number of ether oxygens (including phenoxy) is 2. The Bertz CT molecular complexity index is 530. The summed E-state index contributed by atoms with van der Waals surface area (Å²) < 4.78 is 11.5. The number of rotatable bonds is 4. The summed E-state index contributed by atoms with van der Waals surface area (Å²) in [6.45, 7) is 0.662. The lowest BCUT2D eigenvalue weighted by Crippen LogP contribution is -2.35. The predicted molar refractivity (Wildman–Crippen MR) is 83.3 cm³/mol. The molecule has 116 valence electrons. The highest BCUT2D eigenvalue weighted by molar-refractivity contribution is 9.10. The van der Waals surface area contributed by atoms with Crippen molar-refractivity contribution in [2.24, 2.45) is 0 Å². The molecule has 3 rings (SSSR count). The van der Waals surface area contributed by atoms with Gasteiger partial charge in [0, 0.05) is 23.9 Å².